The maximum atomic E-state index is 12.0. The van der Waals surface area contributed by atoms with Gasteiger partial charge in [-0.2, -0.15) is 0 Å². The van der Waals surface area contributed by atoms with E-state index in [4.69, 9.17) is 0 Å². The highest BCUT2D eigenvalue weighted by atomic mass is 79.9. The molecule has 0 atom stereocenters. The van der Waals surface area contributed by atoms with Gasteiger partial charge in [-0.15, -0.1) is 0 Å². The van der Waals surface area contributed by atoms with Gasteiger partial charge in [-0.05, 0) is 42.8 Å². The standard InChI is InChI=1S/C14H12BrNO2/c1-9-3-2-4-11(7-9)16-14(18)12-6-5-10(15)8-13(12)17/h2-8,17H,1H3,(H,16,18). The highest BCUT2D eigenvalue weighted by Crippen LogP contribution is 2.23. The summed E-state index contributed by atoms with van der Waals surface area (Å²) in [5.41, 5.74) is 2.02. The molecule has 0 saturated heterocycles. The molecule has 0 heterocycles. The van der Waals surface area contributed by atoms with Crippen LogP contribution in [-0.4, -0.2) is 11.0 Å². The number of hydrogen-bond donors (Lipinski definition) is 2. The fraction of sp³-hybridized carbons (Fsp3) is 0.0714. The van der Waals surface area contributed by atoms with Crippen molar-refractivity contribution in [2.75, 3.05) is 5.32 Å². The SMILES string of the molecule is Cc1cccc(NC(=O)c2ccc(Br)cc2O)c1. The molecule has 0 spiro atoms. The van der Waals surface area contributed by atoms with E-state index in [0.29, 0.717) is 5.69 Å². The second kappa shape index (κ2) is 5.23. The summed E-state index contributed by atoms with van der Waals surface area (Å²) in [6, 6.07) is 12.3. The predicted molar refractivity (Wildman–Crippen MR) is 74.9 cm³/mol. The van der Waals surface area contributed by atoms with Crippen molar-refractivity contribution in [2.45, 2.75) is 6.92 Å². The molecule has 2 N–H and O–H groups in total. The van der Waals surface area contributed by atoms with Crippen molar-refractivity contribution < 1.29 is 9.90 Å². The van der Waals surface area contributed by atoms with Crippen LogP contribution in [0.25, 0.3) is 0 Å². The third-order valence-corrected chi connectivity index (χ3v) is 2.97. The van der Waals surface area contributed by atoms with Gasteiger partial charge in [-0.3, -0.25) is 4.79 Å². The zero-order valence-electron chi connectivity index (χ0n) is 9.77. The molecule has 0 aliphatic carbocycles. The first-order valence-corrected chi connectivity index (χ1v) is 6.22. The fourth-order valence-corrected chi connectivity index (χ4v) is 1.97. The van der Waals surface area contributed by atoms with E-state index in [9.17, 15) is 9.90 Å². The minimum atomic E-state index is -0.328. The van der Waals surface area contributed by atoms with Crippen LogP contribution in [0.3, 0.4) is 0 Å². The topological polar surface area (TPSA) is 49.3 Å². The van der Waals surface area contributed by atoms with Gasteiger partial charge in [0.25, 0.3) is 5.91 Å². The quantitative estimate of drug-likeness (QED) is 0.888. The first-order chi connectivity index (χ1) is 8.56. The Labute approximate surface area is 114 Å². The molecule has 92 valence electrons. The molecule has 1 amide bonds. The van der Waals surface area contributed by atoms with Crippen molar-refractivity contribution in [3.05, 3.63) is 58.1 Å². The summed E-state index contributed by atoms with van der Waals surface area (Å²) < 4.78 is 0.729. The van der Waals surface area contributed by atoms with Crippen LogP contribution in [0.15, 0.2) is 46.9 Å². The van der Waals surface area contributed by atoms with Gasteiger partial charge in [-0.1, -0.05) is 28.1 Å². The van der Waals surface area contributed by atoms with E-state index in [1.54, 1.807) is 18.2 Å². The molecule has 0 aromatic heterocycles. The minimum absolute atomic E-state index is 0.0467. The van der Waals surface area contributed by atoms with Crippen molar-refractivity contribution in [1.29, 1.82) is 0 Å². The van der Waals surface area contributed by atoms with E-state index in [0.717, 1.165) is 10.0 Å². The Morgan fingerprint density at radius 3 is 2.67 bits per heavy atom. The number of nitrogens with one attached hydrogen (secondary N) is 1. The lowest BCUT2D eigenvalue weighted by Gasteiger charge is -2.07. The highest BCUT2D eigenvalue weighted by molar-refractivity contribution is 9.10. The van der Waals surface area contributed by atoms with Gasteiger partial charge >= 0.3 is 0 Å². The van der Waals surface area contributed by atoms with Gasteiger partial charge in [-0.25, -0.2) is 0 Å². The van der Waals surface area contributed by atoms with Gasteiger partial charge < -0.3 is 10.4 Å². The number of phenols is 1. The third-order valence-electron chi connectivity index (χ3n) is 2.48. The first-order valence-electron chi connectivity index (χ1n) is 5.43. The summed E-state index contributed by atoms with van der Waals surface area (Å²) in [5.74, 6) is -0.375. The smallest absolute Gasteiger partial charge is 0.259 e. The first kappa shape index (κ1) is 12.6. The number of carbonyl (C=O) groups excluding carboxylic acids is 1. The number of halogens is 1. The molecule has 0 saturated carbocycles. The Morgan fingerprint density at radius 1 is 1.22 bits per heavy atom. The Hall–Kier alpha value is -1.81. The van der Waals surface area contributed by atoms with E-state index < -0.39 is 0 Å². The molecule has 2 aromatic carbocycles. The van der Waals surface area contributed by atoms with Crippen LogP contribution < -0.4 is 5.32 Å². The summed E-state index contributed by atoms with van der Waals surface area (Å²) in [5, 5.41) is 12.4. The molecule has 0 radical (unpaired) electrons. The fourth-order valence-electron chi connectivity index (χ4n) is 1.62. The Kier molecular flexibility index (Phi) is 3.67. The van der Waals surface area contributed by atoms with Crippen molar-refractivity contribution >= 4 is 27.5 Å². The molecule has 2 rings (SSSR count). The highest BCUT2D eigenvalue weighted by Gasteiger charge is 2.11. The number of hydrogen-bond acceptors (Lipinski definition) is 2. The molecule has 0 unspecified atom stereocenters. The van der Waals surface area contributed by atoms with E-state index in [1.165, 1.54) is 6.07 Å². The van der Waals surface area contributed by atoms with Gasteiger partial charge in [0.1, 0.15) is 5.75 Å². The number of anilines is 1. The van der Waals surface area contributed by atoms with E-state index in [2.05, 4.69) is 21.2 Å². The number of phenolic OH excluding ortho intramolecular Hbond substituents is 1. The molecular weight excluding hydrogens is 294 g/mol. The number of carbonyl (C=O) groups is 1. The summed E-state index contributed by atoms with van der Waals surface area (Å²) in [6.45, 7) is 1.95. The van der Waals surface area contributed by atoms with Crippen molar-refractivity contribution in [3.63, 3.8) is 0 Å². The van der Waals surface area contributed by atoms with Crippen LogP contribution >= 0.6 is 15.9 Å². The van der Waals surface area contributed by atoms with Crippen LogP contribution in [0.5, 0.6) is 5.75 Å². The van der Waals surface area contributed by atoms with E-state index in [-0.39, 0.29) is 17.2 Å². The van der Waals surface area contributed by atoms with Crippen LogP contribution in [-0.2, 0) is 0 Å². The zero-order chi connectivity index (χ0) is 13.1. The average Bonchev–Trinajstić information content (AvgIpc) is 2.28. The monoisotopic (exact) mass is 305 g/mol. The van der Waals surface area contributed by atoms with Gasteiger partial charge in [0.2, 0.25) is 0 Å². The van der Waals surface area contributed by atoms with Gasteiger partial charge in [0, 0.05) is 10.2 Å². The van der Waals surface area contributed by atoms with Crippen LogP contribution in [0, 0.1) is 6.92 Å². The Morgan fingerprint density at radius 2 is 2.00 bits per heavy atom. The molecule has 4 heteroatoms. The maximum Gasteiger partial charge on any atom is 0.259 e. The average molecular weight is 306 g/mol. The lowest BCUT2D eigenvalue weighted by Crippen LogP contribution is -2.12. The lowest BCUT2D eigenvalue weighted by molar-refractivity contribution is 0.102. The predicted octanol–water partition coefficient (Wildman–Crippen LogP) is 3.72. The molecular formula is C14H12BrNO2. The van der Waals surface area contributed by atoms with Crippen molar-refractivity contribution in [2.24, 2.45) is 0 Å². The molecule has 0 aliphatic rings. The maximum absolute atomic E-state index is 12.0. The van der Waals surface area contributed by atoms with Gasteiger partial charge in [0.15, 0.2) is 0 Å². The number of rotatable bonds is 2. The van der Waals surface area contributed by atoms with E-state index in [1.807, 2.05) is 25.1 Å². The van der Waals surface area contributed by atoms with Gasteiger partial charge in [0.05, 0.1) is 5.56 Å². The molecule has 0 fully saturated rings. The Bertz CT molecular complexity index is 596. The van der Waals surface area contributed by atoms with Crippen LogP contribution in [0.2, 0.25) is 0 Å². The molecule has 0 bridgehead atoms. The lowest BCUT2D eigenvalue weighted by atomic mass is 10.1. The summed E-state index contributed by atoms with van der Waals surface area (Å²) >= 11 is 3.23. The molecule has 2 aromatic rings. The largest absolute Gasteiger partial charge is 0.507 e. The van der Waals surface area contributed by atoms with Crippen molar-refractivity contribution in [3.8, 4) is 5.75 Å². The van der Waals surface area contributed by atoms with Crippen molar-refractivity contribution in [1.82, 2.24) is 0 Å². The number of aryl methyl sites for hydroxylation is 1. The minimum Gasteiger partial charge on any atom is -0.507 e. The molecule has 3 nitrogen and oxygen atoms in total. The number of amides is 1. The number of aromatic hydroxyl groups is 1. The second-order valence-corrected chi connectivity index (χ2v) is 4.90. The summed E-state index contributed by atoms with van der Waals surface area (Å²) in [7, 11) is 0. The Balaban J connectivity index is 2.22. The third kappa shape index (κ3) is 2.90. The van der Waals surface area contributed by atoms with Crippen LogP contribution in [0.4, 0.5) is 5.69 Å². The second-order valence-electron chi connectivity index (χ2n) is 3.99. The zero-order valence-corrected chi connectivity index (χ0v) is 11.4. The molecule has 18 heavy (non-hydrogen) atoms. The molecule has 0 aliphatic heterocycles. The summed E-state index contributed by atoms with van der Waals surface area (Å²) in [6.07, 6.45) is 0. The van der Waals surface area contributed by atoms with E-state index >= 15 is 0 Å². The summed E-state index contributed by atoms with van der Waals surface area (Å²) in [4.78, 5) is 12.0. The normalized spacial score (nSPS) is 10.1. The number of benzene rings is 2. The van der Waals surface area contributed by atoms with Crippen LogP contribution in [0.1, 0.15) is 15.9 Å².